The van der Waals surface area contributed by atoms with E-state index in [1.54, 1.807) is 18.4 Å². The second kappa shape index (κ2) is 5.17. The fourth-order valence-electron chi connectivity index (χ4n) is 1.32. The molecule has 0 saturated carbocycles. The largest absolute Gasteiger partial charge is 0.478 e. The molecular formula is C10H7BrN2O3S2. The maximum atomic E-state index is 11.9. The summed E-state index contributed by atoms with van der Waals surface area (Å²) in [6.45, 7) is 1.59. The van der Waals surface area contributed by atoms with Crippen molar-refractivity contribution in [1.29, 1.82) is 0 Å². The summed E-state index contributed by atoms with van der Waals surface area (Å²) in [6.07, 6.45) is 0. The summed E-state index contributed by atoms with van der Waals surface area (Å²) in [5, 5.41) is 13.6. The third-order valence-corrected chi connectivity index (χ3v) is 4.82. The molecule has 8 heteroatoms. The number of hydrogen-bond acceptors (Lipinski definition) is 5. The van der Waals surface area contributed by atoms with Gasteiger partial charge in [0.15, 0.2) is 0 Å². The molecule has 0 fully saturated rings. The Morgan fingerprint density at radius 3 is 2.78 bits per heavy atom. The van der Waals surface area contributed by atoms with Crippen LogP contribution < -0.4 is 5.32 Å². The van der Waals surface area contributed by atoms with E-state index >= 15 is 0 Å². The van der Waals surface area contributed by atoms with E-state index in [0.29, 0.717) is 15.0 Å². The van der Waals surface area contributed by atoms with Crippen molar-refractivity contribution in [3.63, 3.8) is 0 Å². The molecule has 0 aliphatic carbocycles. The molecule has 2 rings (SSSR count). The minimum atomic E-state index is -1.10. The van der Waals surface area contributed by atoms with Gasteiger partial charge in [-0.15, -0.1) is 11.3 Å². The fraction of sp³-hybridized carbons (Fsp3) is 0.100. The molecule has 0 bridgehead atoms. The standard InChI is InChI=1S/C10H7BrN2O3S2/c1-4-6(10(15)16)9(18-13-4)12-8(14)7-5(11)2-3-17-7/h2-3H,1H3,(H,12,14)(H,15,16). The van der Waals surface area contributed by atoms with Gasteiger partial charge < -0.3 is 10.4 Å². The number of amides is 1. The summed E-state index contributed by atoms with van der Waals surface area (Å²) in [5.41, 5.74) is 0.439. The van der Waals surface area contributed by atoms with Crippen LogP contribution in [0.15, 0.2) is 15.9 Å². The molecule has 2 heterocycles. The van der Waals surface area contributed by atoms with E-state index in [-0.39, 0.29) is 16.5 Å². The van der Waals surface area contributed by atoms with E-state index in [2.05, 4.69) is 25.6 Å². The van der Waals surface area contributed by atoms with Crippen molar-refractivity contribution in [2.45, 2.75) is 6.92 Å². The number of carboxylic acids is 1. The second-order valence-electron chi connectivity index (χ2n) is 3.33. The van der Waals surface area contributed by atoms with Gasteiger partial charge in [-0.25, -0.2) is 4.79 Å². The van der Waals surface area contributed by atoms with Crippen LogP contribution in [-0.2, 0) is 0 Å². The van der Waals surface area contributed by atoms with E-state index in [1.165, 1.54) is 11.3 Å². The number of carbonyl (C=O) groups excluding carboxylic acids is 1. The van der Waals surface area contributed by atoms with Gasteiger partial charge in [-0.1, -0.05) is 0 Å². The lowest BCUT2D eigenvalue weighted by Gasteiger charge is -2.02. The number of carbonyl (C=O) groups is 2. The predicted molar refractivity (Wildman–Crippen MR) is 73.8 cm³/mol. The quantitative estimate of drug-likeness (QED) is 0.894. The van der Waals surface area contributed by atoms with Gasteiger partial charge in [0.25, 0.3) is 5.91 Å². The number of hydrogen-bond donors (Lipinski definition) is 2. The molecule has 0 aliphatic heterocycles. The average molecular weight is 347 g/mol. The van der Waals surface area contributed by atoms with Gasteiger partial charge in [0.2, 0.25) is 0 Å². The first kappa shape index (κ1) is 13.2. The number of anilines is 1. The molecule has 0 radical (unpaired) electrons. The lowest BCUT2D eigenvalue weighted by atomic mass is 10.2. The Labute approximate surface area is 119 Å². The van der Waals surface area contributed by atoms with Gasteiger partial charge in [0, 0.05) is 4.47 Å². The van der Waals surface area contributed by atoms with Crippen molar-refractivity contribution in [3.05, 3.63) is 32.1 Å². The SMILES string of the molecule is Cc1nsc(NC(=O)c2sccc2Br)c1C(=O)O. The molecule has 5 nitrogen and oxygen atoms in total. The normalized spacial score (nSPS) is 10.3. The molecule has 18 heavy (non-hydrogen) atoms. The zero-order valence-corrected chi connectivity index (χ0v) is 12.3. The number of aromatic nitrogens is 1. The summed E-state index contributed by atoms with van der Waals surface area (Å²) in [4.78, 5) is 23.5. The minimum Gasteiger partial charge on any atom is -0.478 e. The molecule has 2 aromatic rings. The lowest BCUT2D eigenvalue weighted by molar-refractivity contribution is 0.0697. The monoisotopic (exact) mass is 346 g/mol. The number of carboxylic acid groups (broad SMARTS) is 1. The highest BCUT2D eigenvalue weighted by Crippen LogP contribution is 2.28. The summed E-state index contributed by atoms with van der Waals surface area (Å²) in [6, 6.07) is 1.76. The van der Waals surface area contributed by atoms with Crippen LogP contribution in [0.2, 0.25) is 0 Å². The first-order chi connectivity index (χ1) is 8.50. The van der Waals surface area contributed by atoms with Crippen LogP contribution in [0.3, 0.4) is 0 Å². The molecule has 0 aliphatic rings. The van der Waals surface area contributed by atoms with Crippen molar-refractivity contribution in [1.82, 2.24) is 4.37 Å². The van der Waals surface area contributed by atoms with E-state index < -0.39 is 5.97 Å². The molecule has 94 valence electrons. The topological polar surface area (TPSA) is 79.3 Å². The van der Waals surface area contributed by atoms with Gasteiger partial charge in [0.05, 0.1) is 5.69 Å². The van der Waals surface area contributed by atoms with Crippen LogP contribution in [0.5, 0.6) is 0 Å². The van der Waals surface area contributed by atoms with Gasteiger partial charge >= 0.3 is 5.97 Å². The maximum Gasteiger partial charge on any atom is 0.340 e. The van der Waals surface area contributed by atoms with Crippen molar-refractivity contribution in [2.24, 2.45) is 0 Å². The Hall–Kier alpha value is -1.25. The first-order valence-corrected chi connectivity index (χ1v) is 7.19. The first-order valence-electron chi connectivity index (χ1n) is 4.74. The summed E-state index contributed by atoms with van der Waals surface area (Å²) < 4.78 is 4.62. The lowest BCUT2D eigenvalue weighted by Crippen LogP contribution is -2.12. The Balaban J connectivity index is 2.28. The van der Waals surface area contributed by atoms with Crippen LogP contribution >= 0.6 is 38.8 Å². The Morgan fingerprint density at radius 2 is 2.22 bits per heavy atom. The van der Waals surface area contributed by atoms with Gasteiger partial charge in [-0.05, 0) is 45.8 Å². The fourth-order valence-corrected chi connectivity index (χ4v) is 3.55. The van der Waals surface area contributed by atoms with E-state index in [4.69, 9.17) is 5.11 Å². The van der Waals surface area contributed by atoms with E-state index in [1.807, 2.05) is 0 Å². The van der Waals surface area contributed by atoms with Crippen LogP contribution in [-0.4, -0.2) is 21.4 Å². The van der Waals surface area contributed by atoms with E-state index in [9.17, 15) is 9.59 Å². The number of thiophene rings is 1. The highest BCUT2D eigenvalue weighted by atomic mass is 79.9. The smallest absolute Gasteiger partial charge is 0.340 e. The third-order valence-electron chi connectivity index (χ3n) is 2.13. The third kappa shape index (κ3) is 2.45. The van der Waals surface area contributed by atoms with Crippen molar-refractivity contribution >= 4 is 55.7 Å². The molecule has 0 spiro atoms. The van der Waals surface area contributed by atoms with Gasteiger partial charge in [0.1, 0.15) is 15.4 Å². The Kier molecular flexibility index (Phi) is 3.79. The minimum absolute atomic E-state index is 0.0426. The molecular weight excluding hydrogens is 340 g/mol. The van der Waals surface area contributed by atoms with Gasteiger partial charge in [-0.2, -0.15) is 4.37 Å². The summed E-state index contributed by atoms with van der Waals surface area (Å²) >= 11 is 5.49. The maximum absolute atomic E-state index is 11.9. The van der Waals surface area contributed by atoms with E-state index in [0.717, 1.165) is 11.5 Å². The Morgan fingerprint density at radius 1 is 1.50 bits per heavy atom. The van der Waals surface area contributed by atoms with Crippen LogP contribution in [0.25, 0.3) is 0 Å². The number of aromatic carboxylic acids is 1. The van der Waals surface area contributed by atoms with Gasteiger partial charge in [-0.3, -0.25) is 4.79 Å². The van der Waals surface area contributed by atoms with Crippen LogP contribution in [0, 0.1) is 6.92 Å². The summed E-state index contributed by atoms with van der Waals surface area (Å²) in [5.74, 6) is -1.44. The molecule has 1 amide bonds. The molecule has 0 saturated heterocycles. The second-order valence-corrected chi connectivity index (χ2v) is 5.87. The Bertz CT molecular complexity index is 620. The molecule has 0 atom stereocenters. The van der Waals surface area contributed by atoms with Crippen LogP contribution in [0.4, 0.5) is 5.00 Å². The molecule has 0 unspecified atom stereocenters. The predicted octanol–water partition coefficient (Wildman–Crippen LogP) is 3.23. The number of nitrogens with zero attached hydrogens (tertiary/aromatic N) is 1. The highest BCUT2D eigenvalue weighted by molar-refractivity contribution is 9.10. The van der Waals surface area contributed by atoms with Crippen molar-refractivity contribution in [2.75, 3.05) is 5.32 Å². The van der Waals surface area contributed by atoms with Crippen molar-refractivity contribution < 1.29 is 14.7 Å². The number of aryl methyl sites for hydroxylation is 1. The number of nitrogens with one attached hydrogen (secondary N) is 1. The molecule has 2 aromatic heterocycles. The number of rotatable bonds is 3. The average Bonchev–Trinajstić information content (AvgIpc) is 2.85. The van der Waals surface area contributed by atoms with Crippen molar-refractivity contribution in [3.8, 4) is 0 Å². The zero-order valence-electron chi connectivity index (χ0n) is 9.06. The van der Waals surface area contributed by atoms with Crippen LogP contribution in [0.1, 0.15) is 25.7 Å². The molecule has 2 N–H and O–H groups in total. The zero-order chi connectivity index (χ0) is 13.3. The highest BCUT2D eigenvalue weighted by Gasteiger charge is 2.21. The number of halogens is 1. The summed E-state index contributed by atoms with van der Waals surface area (Å²) in [7, 11) is 0. The molecule has 0 aromatic carbocycles.